The van der Waals surface area contributed by atoms with Crippen LogP contribution in [0.4, 0.5) is 0 Å². The highest BCUT2D eigenvalue weighted by molar-refractivity contribution is 7.87. The zero-order chi connectivity index (χ0) is 19.0. The molecule has 0 spiro atoms. The molecule has 0 unspecified atom stereocenters. The van der Waals surface area contributed by atoms with E-state index in [4.69, 9.17) is 4.18 Å². The molecule has 2 aromatic heterocycles. The van der Waals surface area contributed by atoms with Crippen LogP contribution in [0, 0.1) is 13.8 Å². The lowest BCUT2D eigenvalue weighted by atomic mass is 10.2. The summed E-state index contributed by atoms with van der Waals surface area (Å²) in [5, 5.41) is 5.17. The van der Waals surface area contributed by atoms with E-state index < -0.39 is 10.1 Å². The highest BCUT2D eigenvalue weighted by Crippen LogP contribution is 2.30. The number of rotatable bonds is 4. The van der Waals surface area contributed by atoms with Crippen molar-refractivity contribution in [1.82, 2.24) is 14.8 Å². The van der Waals surface area contributed by atoms with Gasteiger partial charge in [-0.3, -0.25) is 4.98 Å². The Hall–Kier alpha value is -3.19. The Labute approximate surface area is 157 Å². The van der Waals surface area contributed by atoms with E-state index in [0.717, 1.165) is 22.3 Å². The van der Waals surface area contributed by atoms with E-state index in [1.807, 2.05) is 38.2 Å². The van der Waals surface area contributed by atoms with Gasteiger partial charge >= 0.3 is 10.1 Å². The van der Waals surface area contributed by atoms with E-state index in [2.05, 4.69) is 10.1 Å². The first-order valence-electron chi connectivity index (χ1n) is 8.35. The van der Waals surface area contributed by atoms with Gasteiger partial charge in [0.25, 0.3) is 0 Å². The van der Waals surface area contributed by atoms with Gasteiger partial charge in [-0.15, -0.1) is 0 Å². The molecule has 0 bridgehead atoms. The van der Waals surface area contributed by atoms with E-state index >= 15 is 0 Å². The molecule has 0 atom stereocenters. The molecule has 6 nitrogen and oxygen atoms in total. The lowest BCUT2D eigenvalue weighted by molar-refractivity contribution is 0.488. The predicted octanol–water partition coefficient (Wildman–Crippen LogP) is 3.81. The second-order valence-electron chi connectivity index (χ2n) is 6.23. The molecule has 136 valence electrons. The molecule has 0 fully saturated rings. The van der Waals surface area contributed by atoms with Crippen molar-refractivity contribution in [3.8, 4) is 11.4 Å². The molecule has 0 N–H and O–H groups in total. The summed E-state index contributed by atoms with van der Waals surface area (Å²) >= 11 is 0. The van der Waals surface area contributed by atoms with Crippen LogP contribution in [-0.2, 0) is 10.1 Å². The SMILES string of the molecule is Cc1ccc(S(=O)(=O)Oc2cccc3c(-n4ccc(C)n4)ccnc23)cc1. The molecule has 0 saturated heterocycles. The average molecular weight is 379 g/mol. The maximum atomic E-state index is 12.6. The van der Waals surface area contributed by atoms with Crippen LogP contribution in [0.2, 0.25) is 0 Å². The van der Waals surface area contributed by atoms with Gasteiger partial charge in [0.1, 0.15) is 10.4 Å². The van der Waals surface area contributed by atoms with Crippen molar-refractivity contribution < 1.29 is 12.6 Å². The number of nitrogens with zero attached hydrogens (tertiary/aromatic N) is 3. The number of aromatic nitrogens is 3. The molecule has 0 radical (unpaired) electrons. The number of aryl methyl sites for hydroxylation is 2. The van der Waals surface area contributed by atoms with Gasteiger partial charge in [0.15, 0.2) is 5.75 Å². The van der Waals surface area contributed by atoms with Crippen LogP contribution in [-0.4, -0.2) is 23.2 Å². The summed E-state index contributed by atoms with van der Waals surface area (Å²) in [6.45, 7) is 3.80. The topological polar surface area (TPSA) is 74.1 Å². The Morgan fingerprint density at radius 2 is 1.74 bits per heavy atom. The normalized spacial score (nSPS) is 11.6. The van der Waals surface area contributed by atoms with Crippen molar-refractivity contribution >= 4 is 21.0 Å². The third kappa shape index (κ3) is 3.29. The van der Waals surface area contributed by atoms with Gasteiger partial charge in [-0.05, 0) is 44.2 Å². The predicted molar refractivity (Wildman–Crippen MR) is 103 cm³/mol. The van der Waals surface area contributed by atoms with Crippen molar-refractivity contribution in [2.24, 2.45) is 0 Å². The summed E-state index contributed by atoms with van der Waals surface area (Å²) in [6.07, 6.45) is 3.46. The largest absolute Gasteiger partial charge is 0.377 e. The second kappa shape index (κ2) is 6.51. The number of hydrogen-bond donors (Lipinski definition) is 0. The van der Waals surface area contributed by atoms with E-state index in [-0.39, 0.29) is 10.6 Å². The molecule has 4 aromatic rings. The van der Waals surface area contributed by atoms with E-state index in [1.54, 1.807) is 35.1 Å². The summed E-state index contributed by atoms with van der Waals surface area (Å²) in [6, 6.07) is 15.4. The molecular weight excluding hydrogens is 362 g/mol. The average Bonchev–Trinajstić information content (AvgIpc) is 3.08. The molecule has 2 heterocycles. The molecule has 0 saturated carbocycles. The van der Waals surface area contributed by atoms with Crippen LogP contribution >= 0.6 is 0 Å². The zero-order valence-corrected chi connectivity index (χ0v) is 15.6. The smallest absolute Gasteiger partial charge is 0.339 e. The maximum Gasteiger partial charge on any atom is 0.339 e. The summed E-state index contributed by atoms with van der Waals surface area (Å²) < 4.78 is 32.4. The Morgan fingerprint density at radius 1 is 0.963 bits per heavy atom. The minimum absolute atomic E-state index is 0.101. The zero-order valence-electron chi connectivity index (χ0n) is 14.8. The molecule has 2 aromatic carbocycles. The van der Waals surface area contributed by atoms with Crippen molar-refractivity contribution in [2.75, 3.05) is 0 Å². The van der Waals surface area contributed by atoms with Gasteiger partial charge in [0, 0.05) is 17.8 Å². The summed E-state index contributed by atoms with van der Waals surface area (Å²) in [5.74, 6) is 0.179. The molecule has 0 aliphatic carbocycles. The first-order chi connectivity index (χ1) is 12.9. The van der Waals surface area contributed by atoms with Gasteiger partial charge in [0.05, 0.1) is 11.4 Å². The first-order valence-corrected chi connectivity index (χ1v) is 9.76. The second-order valence-corrected chi connectivity index (χ2v) is 7.78. The van der Waals surface area contributed by atoms with Gasteiger partial charge < -0.3 is 4.18 Å². The maximum absolute atomic E-state index is 12.6. The Balaban J connectivity index is 1.80. The molecule has 27 heavy (non-hydrogen) atoms. The highest BCUT2D eigenvalue weighted by atomic mass is 32.2. The lowest BCUT2D eigenvalue weighted by Crippen LogP contribution is -2.10. The van der Waals surface area contributed by atoms with E-state index in [9.17, 15) is 8.42 Å². The van der Waals surface area contributed by atoms with Gasteiger partial charge in [-0.2, -0.15) is 13.5 Å². The minimum Gasteiger partial charge on any atom is -0.377 e. The standard InChI is InChI=1S/C20H17N3O3S/c1-14-6-8-16(9-7-14)27(24,25)26-19-5-3-4-17-18(10-12-21-20(17)19)23-13-11-15(2)22-23/h3-13H,1-2H3. The number of pyridine rings is 1. The van der Waals surface area contributed by atoms with Crippen LogP contribution in [0.3, 0.4) is 0 Å². The summed E-state index contributed by atoms with van der Waals surface area (Å²) in [4.78, 5) is 4.44. The van der Waals surface area contributed by atoms with Crippen LogP contribution in [0.1, 0.15) is 11.3 Å². The van der Waals surface area contributed by atoms with Crippen molar-refractivity contribution in [3.63, 3.8) is 0 Å². The number of para-hydroxylation sites is 1. The Kier molecular flexibility index (Phi) is 4.16. The van der Waals surface area contributed by atoms with Crippen LogP contribution in [0.25, 0.3) is 16.6 Å². The summed E-state index contributed by atoms with van der Waals surface area (Å²) in [5.41, 5.74) is 3.11. The molecule has 0 aliphatic rings. The lowest BCUT2D eigenvalue weighted by Gasteiger charge is -2.11. The first kappa shape index (κ1) is 17.2. The van der Waals surface area contributed by atoms with Crippen LogP contribution < -0.4 is 4.18 Å². The number of benzene rings is 2. The Morgan fingerprint density at radius 3 is 2.44 bits per heavy atom. The minimum atomic E-state index is -3.96. The van der Waals surface area contributed by atoms with E-state index in [0.29, 0.717) is 5.52 Å². The van der Waals surface area contributed by atoms with E-state index in [1.165, 1.54) is 12.1 Å². The fraction of sp³-hybridized carbons (Fsp3) is 0.100. The van der Waals surface area contributed by atoms with Gasteiger partial charge in [-0.1, -0.05) is 29.8 Å². The van der Waals surface area contributed by atoms with Crippen LogP contribution in [0.5, 0.6) is 5.75 Å². The third-order valence-corrected chi connectivity index (χ3v) is 5.44. The quantitative estimate of drug-likeness (QED) is 0.504. The molecule has 7 heteroatoms. The van der Waals surface area contributed by atoms with Gasteiger partial charge in [0.2, 0.25) is 0 Å². The van der Waals surface area contributed by atoms with Crippen molar-refractivity contribution in [1.29, 1.82) is 0 Å². The summed E-state index contributed by atoms with van der Waals surface area (Å²) in [7, 11) is -3.96. The monoisotopic (exact) mass is 379 g/mol. The molecule has 0 amide bonds. The van der Waals surface area contributed by atoms with Crippen LogP contribution in [0.15, 0.2) is 71.9 Å². The number of fused-ring (bicyclic) bond motifs is 1. The third-order valence-electron chi connectivity index (χ3n) is 4.19. The molecular formula is C20H17N3O3S. The van der Waals surface area contributed by atoms with Crippen molar-refractivity contribution in [2.45, 2.75) is 18.7 Å². The highest BCUT2D eigenvalue weighted by Gasteiger charge is 2.19. The molecule has 0 aliphatic heterocycles. The number of hydrogen-bond acceptors (Lipinski definition) is 5. The fourth-order valence-electron chi connectivity index (χ4n) is 2.82. The Bertz CT molecular complexity index is 1230. The molecule has 4 rings (SSSR count). The fourth-order valence-corrected chi connectivity index (χ4v) is 3.76. The van der Waals surface area contributed by atoms with Gasteiger partial charge in [-0.25, -0.2) is 4.68 Å². The van der Waals surface area contributed by atoms with Crippen molar-refractivity contribution in [3.05, 3.63) is 78.2 Å².